The highest BCUT2D eigenvalue weighted by Crippen LogP contribution is 2.35. The van der Waals surface area contributed by atoms with Crippen LogP contribution in [0.2, 0.25) is 0 Å². The summed E-state index contributed by atoms with van der Waals surface area (Å²) in [6, 6.07) is 4.16. The van der Waals surface area contributed by atoms with Crippen LogP contribution in [0.3, 0.4) is 0 Å². The van der Waals surface area contributed by atoms with Gasteiger partial charge in [-0.3, -0.25) is 4.99 Å². The van der Waals surface area contributed by atoms with E-state index in [0.717, 1.165) is 35.1 Å². The van der Waals surface area contributed by atoms with Crippen molar-refractivity contribution in [2.24, 2.45) is 12.0 Å². The van der Waals surface area contributed by atoms with Crippen LogP contribution in [0.4, 0.5) is 0 Å². The minimum Gasteiger partial charge on any atom is -0.494 e. The number of hydrogen-bond acceptors (Lipinski definition) is 5. The molecule has 0 aliphatic carbocycles. The fourth-order valence-corrected chi connectivity index (χ4v) is 3.08. The average molecular weight is 500 g/mol. The molecule has 8 nitrogen and oxygen atoms in total. The number of aromatic nitrogens is 3. The largest absolute Gasteiger partial charge is 0.494 e. The van der Waals surface area contributed by atoms with Crippen molar-refractivity contribution < 1.29 is 9.47 Å². The van der Waals surface area contributed by atoms with Crippen LogP contribution in [0, 0.1) is 6.92 Å². The monoisotopic (exact) mass is 500 g/mol. The molecule has 0 saturated carbocycles. The topological polar surface area (TPSA) is 85.6 Å². The number of nitrogens with one attached hydrogen (secondary N) is 2. The molecule has 1 aromatic carbocycles. The van der Waals surface area contributed by atoms with Crippen LogP contribution in [0.1, 0.15) is 36.6 Å². The second-order valence-electron chi connectivity index (χ2n) is 6.64. The second kappa shape index (κ2) is 9.94. The highest BCUT2D eigenvalue weighted by atomic mass is 127. The van der Waals surface area contributed by atoms with Gasteiger partial charge in [-0.05, 0) is 32.9 Å². The zero-order valence-corrected chi connectivity index (χ0v) is 19.4. The first-order valence-corrected chi connectivity index (χ1v) is 9.26. The Balaban J connectivity index is 0.00000280. The van der Waals surface area contributed by atoms with Gasteiger partial charge in [-0.15, -0.1) is 34.2 Å². The molecular formula is C19H29IN6O2. The summed E-state index contributed by atoms with van der Waals surface area (Å²) in [6.45, 7) is 7.75. The lowest BCUT2D eigenvalue weighted by Gasteiger charge is -2.15. The van der Waals surface area contributed by atoms with E-state index in [1.807, 2.05) is 25.5 Å². The Morgan fingerprint density at radius 1 is 1.32 bits per heavy atom. The molecule has 9 heteroatoms. The Kier molecular flexibility index (Phi) is 7.90. The molecular weight excluding hydrogens is 471 g/mol. The van der Waals surface area contributed by atoms with Crippen molar-refractivity contribution in [1.29, 1.82) is 0 Å². The maximum Gasteiger partial charge on any atom is 0.191 e. The summed E-state index contributed by atoms with van der Waals surface area (Å²) in [5.41, 5.74) is 2.25. The van der Waals surface area contributed by atoms with E-state index in [2.05, 4.69) is 44.9 Å². The number of rotatable bonds is 6. The number of halogens is 1. The van der Waals surface area contributed by atoms with E-state index in [0.29, 0.717) is 25.7 Å². The van der Waals surface area contributed by atoms with Crippen LogP contribution in [0.5, 0.6) is 11.5 Å². The number of aliphatic imine (C=N–C) groups is 1. The van der Waals surface area contributed by atoms with Gasteiger partial charge in [0.2, 0.25) is 0 Å². The molecule has 3 rings (SSSR count). The van der Waals surface area contributed by atoms with E-state index in [-0.39, 0.29) is 30.1 Å². The van der Waals surface area contributed by atoms with Gasteiger partial charge in [0, 0.05) is 38.2 Å². The zero-order valence-electron chi connectivity index (χ0n) is 17.1. The van der Waals surface area contributed by atoms with Crippen LogP contribution in [0.15, 0.2) is 17.1 Å². The summed E-state index contributed by atoms with van der Waals surface area (Å²) in [7, 11) is 3.69. The van der Waals surface area contributed by atoms with Gasteiger partial charge < -0.3 is 24.7 Å². The second-order valence-corrected chi connectivity index (χ2v) is 6.64. The molecule has 1 aliphatic heterocycles. The fraction of sp³-hybridized carbons (Fsp3) is 0.526. The molecule has 2 N–H and O–H groups in total. The highest BCUT2D eigenvalue weighted by molar-refractivity contribution is 14.0. The summed E-state index contributed by atoms with van der Waals surface area (Å²) < 4.78 is 13.7. The zero-order chi connectivity index (χ0) is 19.4. The number of aryl methyl sites for hydroxylation is 1. The minimum atomic E-state index is 0. The molecule has 2 heterocycles. The normalized spacial score (nSPS) is 15.5. The molecule has 0 saturated heterocycles. The molecule has 154 valence electrons. The Morgan fingerprint density at radius 2 is 2.07 bits per heavy atom. The Labute approximate surface area is 183 Å². The van der Waals surface area contributed by atoms with Crippen LogP contribution in [-0.4, -0.2) is 40.5 Å². The maximum atomic E-state index is 5.89. The Morgan fingerprint density at radius 3 is 2.71 bits per heavy atom. The van der Waals surface area contributed by atoms with Gasteiger partial charge in [0.1, 0.15) is 23.4 Å². The van der Waals surface area contributed by atoms with E-state index < -0.39 is 0 Å². The third-order valence-corrected chi connectivity index (χ3v) is 4.65. The number of fused-ring (bicyclic) bond motifs is 1. The predicted molar refractivity (Wildman–Crippen MR) is 120 cm³/mol. The van der Waals surface area contributed by atoms with Crippen LogP contribution in [0.25, 0.3) is 0 Å². The molecule has 0 bridgehead atoms. The van der Waals surface area contributed by atoms with E-state index in [1.165, 1.54) is 5.56 Å². The van der Waals surface area contributed by atoms with Gasteiger partial charge in [0.15, 0.2) is 11.8 Å². The van der Waals surface area contributed by atoms with Crippen molar-refractivity contribution >= 4 is 29.9 Å². The van der Waals surface area contributed by atoms with E-state index in [1.54, 1.807) is 7.05 Å². The summed E-state index contributed by atoms with van der Waals surface area (Å²) >= 11 is 0. The smallest absolute Gasteiger partial charge is 0.191 e. The predicted octanol–water partition coefficient (Wildman–Crippen LogP) is 2.33. The Bertz CT molecular complexity index is 836. The first kappa shape index (κ1) is 22.3. The quantitative estimate of drug-likeness (QED) is 0.360. The van der Waals surface area contributed by atoms with Crippen LogP contribution >= 0.6 is 24.0 Å². The number of hydrogen-bond donors (Lipinski definition) is 2. The van der Waals surface area contributed by atoms with E-state index in [9.17, 15) is 0 Å². The molecule has 1 aliphatic rings. The minimum absolute atomic E-state index is 0. The van der Waals surface area contributed by atoms with Crippen molar-refractivity contribution in [1.82, 2.24) is 25.4 Å². The lowest BCUT2D eigenvalue weighted by atomic mass is 10.1. The molecule has 1 unspecified atom stereocenters. The average Bonchev–Trinajstić information content (AvgIpc) is 3.17. The van der Waals surface area contributed by atoms with Gasteiger partial charge in [-0.2, -0.15) is 0 Å². The summed E-state index contributed by atoms with van der Waals surface area (Å²) in [6.07, 6.45) is 1.13. The summed E-state index contributed by atoms with van der Waals surface area (Å²) in [5.74, 6) is 4.25. The highest BCUT2D eigenvalue weighted by Gasteiger charge is 2.22. The standard InChI is InChI=1S/C19H28N6O2.HI/c1-6-26-16-8-14-7-12(2)27-17(14)9-15(16)10-21-19(20-4)22-11-18-24-23-13(3)25(18)5;/h8-9,12H,6-7,10-11H2,1-5H3,(H2,20,21,22);1H. The summed E-state index contributed by atoms with van der Waals surface area (Å²) in [5, 5.41) is 14.8. The first-order chi connectivity index (χ1) is 13.0. The molecule has 2 aromatic rings. The van der Waals surface area contributed by atoms with E-state index in [4.69, 9.17) is 9.47 Å². The van der Waals surface area contributed by atoms with Gasteiger partial charge >= 0.3 is 0 Å². The van der Waals surface area contributed by atoms with Gasteiger partial charge in [0.25, 0.3) is 0 Å². The van der Waals surface area contributed by atoms with Crippen molar-refractivity contribution in [3.8, 4) is 11.5 Å². The van der Waals surface area contributed by atoms with Crippen LogP contribution < -0.4 is 20.1 Å². The molecule has 1 atom stereocenters. The SMILES string of the molecule is CCOc1cc2c(cc1CNC(=NC)NCc1nnc(C)n1C)OC(C)C2.I. The number of guanidine groups is 1. The number of benzene rings is 1. The number of ether oxygens (including phenoxy) is 2. The maximum absolute atomic E-state index is 5.89. The molecule has 0 spiro atoms. The third-order valence-electron chi connectivity index (χ3n) is 4.65. The van der Waals surface area contributed by atoms with Crippen LogP contribution in [-0.2, 0) is 26.6 Å². The first-order valence-electron chi connectivity index (χ1n) is 9.26. The van der Waals surface area contributed by atoms with E-state index >= 15 is 0 Å². The van der Waals surface area contributed by atoms with Crippen molar-refractivity contribution in [3.63, 3.8) is 0 Å². The molecule has 0 radical (unpaired) electrons. The van der Waals surface area contributed by atoms with Gasteiger partial charge in [-0.1, -0.05) is 0 Å². The molecule has 1 aromatic heterocycles. The van der Waals surface area contributed by atoms with Crippen molar-refractivity contribution in [2.75, 3.05) is 13.7 Å². The molecule has 28 heavy (non-hydrogen) atoms. The molecule has 0 amide bonds. The lowest BCUT2D eigenvalue weighted by Crippen LogP contribution is -2.37. The van der Waals surface area contributed by atoms with Gasteiger partial charge in [0.05, 0.1) is 13.2 Å². The van der Waals surface area contributed by atoms with Crippen molar-refractivity contribution in [2.45, 2.75) is 46.4 Å². The number of nitrogens with zero attached hydrogens (tertiary/aromatic N) is 4. The fourth-order valence-electron chi connectivity index (χ4n) is 3.08. The Hall–Kier alpha value is -2.04. The molecule has 0 fully saturated rings. The van der Waals surface area contributed by atoms with Gasteiger partial charge in [-0.25, -0.2) is 0 Å². The lowest BCUT2D eigenvalue weighted by molar-refractivity contribution is 0.254. The third kappa shape index (κ3) is 5.06. The van der Waals surface area contributed by atoms with Crippen molar-refractivity contribution in [3.05, 3.63) is 34.9 Å². The summed E-state index contributed by atoms with van der Waals surface area (Å²) in [4.78, 5) is 4.28.